The lowest BCUT2D eigenvalue weighted by molar-refractivity contribution is 0.149. The van der Waals surface area contributed by atoms with Crippen molar-refractivity contribution in [2.45, 2.75) is 39.9 Å². The molecule has 1 rings (SSSR count). The fourth-order valence-electron chi connectivity index (χ4n) is 1.43. The number of hydrogen-bond acceptors (Lipinski definition) is 3. The predicted octanol–water partition coefficient (Wildman–Crippen LogP) is 5.35. The van der Waals surface area contributed by atoms with Gasteiger partial charge in [0.2, 0.25) is 0 Å². The van der Waals surface area contributed by atoms with Gasteiger partial charge >= 0.3 is 7.60 Å². The van der Waals surface area contributed by atoms with Crippen molar-refractivity contribution < 1.29 is 13.6 Å². The van der Waals surface area contributed by atoms with Crippen LogP contribution in [0.25, 0.3) is 6.08 Å². The molecule has 0 aromatic heterocycles. The lowest BCUT2D eigenvalue weighted by atomic mass is 10.2. The summed E-state index contributed by atoms with van der Waals surface area (Å²) in [6.45, 7) is 7.30. The van der Waals surface area contributed by atoms with E-state index in [2.05, 4.69) is 0 Å². The predicted molar refractivity (Wildman–Crippen MR) is 80.5 cm³/mol. The molecule has 1 aromatic carbocycles. The highest BCUT2D eigenvalue weighted by Gasteiger charge is 2.23. The zero-order chi connectivity index (χ0) is 14.5. The summed E-state index contributed by atoms with van der Waals surface area (Å²) in [5.41, 5.74) is 0.893. The van der Waals surface area contributed by atoms with E-state index in [1.54, 1.807) is 18.2 Å². The Labute approximate surface area is 120 Å². The summed E-state index contributed by atoms with van der Waals surface area (Å²) in [7, 11) is -3.22. The van der Waals surface area contributed by atoms with Gasteiger partial charge in [0.25, 0.3) is 0 Å². The van der Waals surface area contributed by atoms with E-state index in [1.807, 2.05) is 39.8 Å². The SMILES string of the molecule is CC(C)OP(=O)(/C=C/c1ccc(Cl)cc1)OC(C)C. The molecule has 3 nitrogen and oxygen atoms in total. The highest BCUT2D eigenvalue weighted by molar-refractivity contribution is 7.57. The molecule has 5 heteroatoms. The van der Waals surface area contributed by atoms with Crippen LogP contribution in [-0.2, 0) is 13.6 Å². The highest BCUT2D eigenvalue weighted by Crippen LogP contribution is 2.52. The summed E-state index contributed by atoms with van der Waals surface area (Å²) in [6.07, 6.45) is 1.39. The van der Waals surface area contributed by atoms with Gasteiger partial charge in [0.05, 0.1) is 12.2 Å². The van der Waals surface area contributed by atoms with Gasteiger partial charge in [-0.25, -0.2) is 0 Å². The summed E-state index contributed by atoms with van der Waals surface area (Å²) >= 11 is 5.81. The van der Waals surface area contributed by atoms with Crippen molar-refractivity contribution in [2.24, 2.45) is 0 Å². The molecule has 0 unspecified atom stereocenters. The molecule has 0 spiro atoms. The Hall–Kier alpha value is -0.600. The van der Waals surface area contributed by atoms with Crippen molar-refractivity contribution in [3.63, 3.8) is 0 Å². The summed E-state index contributed by atoms with van der Waals surface area (Å²) in [5, 5.41) is 0.664. The molecule has 0 aliphatic heterocycles. The van der Waals surface area contributed by atoms with Crippen molar-refractivity contribution in [1.29, 1.82) is 0 Å². The van der Waals surface area contributed by atoms with Crippen LogP contribution < -0.4 is 0 Å². The average molecular weight is 303 g/mol. The van der Waals surface area contributed by atoms with Crippen molar-refractivity contribution in [3.05, 3.63) is 40.7 Å². The highest BCUT2D eigenvalue weighted by atomic mass is 35.5. The van der Waals surface area contributed by atoms with Crippen LogP contribution >= 0.6 is 19.2 Å². The molecular formula is C14H20ClO3P. The smallest absolute Gasteiger partial charge is 0.303 e. The molecule has 0 fully saturated rings. The van der Waals surface area contributed by atoms with Crippen LogP contribution in [0.3, 0.4) is 0 Å². The van der Waals surface area contributed by atoms with Crippen molar-refractivity contribution in [3.8, 4) is 0 Å². The first kappa shape index (κ1) is 16.5. The van der Waals surface area contributed by atoms with Gasteiger partial charge in [0.1, 0.15) is 0 Å². The second-order valence-electron chi connectivity index (χ2n) is 4.72. The van der Waals surface area contributed by atoms with Crippen LogP contribution in [-0.4, -0.2) is 12.2 Å². The summed E-state index contributed by atoms with van der Waals surface area (Å²) in [6, 6.07) is 7.24. The topological polar surface area (TPSA) is 35.5 Å². The number of hydrogen-bond donors (Lipinski definition) is 0. The Balaban J connectivity index is 2.87. The molecule has 0 amide bonds. The molecule has 1 aromatic rings. The third-order valence-corrected chi connectivity index (χ3v) is 4.23. The minimum Gasteiger partial charge on any atom is -0.303 e. The van der Waals surface area contributed by atoms with Gasteiger partial charge in [-0.15, -0.1) is 0 Å². The second-order valence-corrected chi connectivity index (χ2v) is 6.95. The van der Waals surface area contributed by atoms with Gasteiger partial charge in [0.15, 0.2) is 0 Å². The van der Waals surface area contributed by atoms with E-state index in [0.717, 1.165) is 5.56 Å². The Bertz CT molecular complexity index is 452. The van der Waals surface area contributed by atoms with E-state index in [-0.39, 0.29) is 12.2 Å². The number of benzene rings is 1. The monoisotopic (exact) mass is 302 g/mol. The molecule has 0 bridgehead atoms. The maximum absolute atomic E-state index is 12.5. The average Bonchev–Trinajstić information content (AvgIpc) is 2.26. The minimum atomic E-state index is -3.22. The van der Waals surface area contributed by atoms with Crippen LogP contribution in [0.4, 0.5) is 0 Å². The van der Waals surface area contributed by atoms with Crippen LogP contribution in [0.2, 0.25) is 5.02 Å². The van der Waals surface area contributed by atoms with E-state index < -0.39 is 7.60 Å². The Morgan fingerprint density at radius 2 is 1.53 bits per heavy atom. The van der Waals surface area contributed by atoms with Gasteiger partial charge in [-0.05, 0) is 51.5 Å². The van der Waals surface area contributed by atoms with Crippen molar-refractivity contribution in [1.82, 2.24) is 0 Å². The number of rotatable bonds is 6. The molecule has 0 saturated carbocycles. The number of halogens is 1. The normalized spacial score (nSPS) is 12.8. The van der Waals surface area contributed by atoms with Crippen LogP contribution in [0.15, 0.2) is 30.1 Å². The standard InChI is InChI=1S/C14H20ClO3P/c1-11(2)17-19(16,18-12(3)4)10-9-13-5-7-14(15)8-6-13/h5-12H,1-4H3/b10-9+. The minimum absolute atomic E-state index is 0.167. The molecule has 0 aliphatic rings. The van der Waals surface area contributed by atoms with Gasteiger partial charge in [-0.1, -0.05) is 23.7 Å². The van der Waals surface area contributed by atoms with E-state index >= 15 is 0 Å². The molecule has 0 saturated heterocycles. The van der Waals surface area contributed by atoms with Crippen LogP contribution in [0.5, 0.6) is 0 Å². The second kappa shape index (κ2) is 7.25. The molecular weight excluding hydrogens is 283 g/mol. The van der Waals surface area contributed by atoms with Crippen molar-refractivity contribution in [2.75, 3.05) is 0 Å². The van der Waals surface area contributed by atoms with E-state index in [4.69, 9.17) is 20.6 Å². The molecule has 0 radical (unpaired) electrons. The maximum Gasteiger partial charge on any atom is 0.354 e. The van der Waals surface area contributed by atoms with E-state index in [1.165, 1.54) is 5.82 Å². The third-order valence-electron chi connectivity index (χ3n) is 2.04. The van der Waals surface area contributed by atoms with Gasteiger partial charge in [-0.3, -0.25) is 4.57 Å². The van der Waals surface area contributed by atoms with Crippen LogP contribution in [0, 0.1) is 0 Å². The first-order valence-electron chi connectivity index (χ1n) is 6.22. The first-order valence-corrected chi connectivity index (χ1v) is 8.21. The maximum atomic E-state index is 12.5. The Kier molecular flexibility index (Phi) is 6.28. The first-order chi connectivity index (χ1) is 8.81. The largest absolute Gasteiger partial charge is 0.354 e. The summed E-state index contributed by atoms with van der Waals surface area (Å²) < 4.78 is 23.3. The fourth-order valence-corrected chi connectivity index (χ4v) is 3.28. The Morgan fingerprint density at radius 1 is 1.05 bits per heavy atom. The lowest BCUT2D eigenvalue weighted by Crippen LogP contribution is -2.06. The van der Waals surface area contributed by atoms with Crippen LogP contribution in [0.1, 0.15) is 33.3 Å². The molecule has 0 aliphatic carbocycles. The van der Waals surface area contributed by atoms with Gasteiger partial charge < -0.3 is 9.05 Å². The molecule has 19 heavy (non-hydrogen) atoms. The summed E-state index contributed by atoms with van der Waals surface area (Å²) in [4.78, 5) is 0. The Morgan fingerprint density at radius 3 is 1.95 bits per heavy atom. The quantitative estimate of drug-likeness (QED) is 0.664. The zero-order valence-corrected chi connectivity index (χ0v) is 13.3. The molecule has 0 atom stereocenters. The van der Waals surface area contributed by atoms with Crippen molar-refractivity contribution >= 4 is 25.3 Å². The third kappa shape index (κ3) is 6.40. The zero-order valence-electron chi connectivity index (χ0n) is 11.7. The molecule has 106 valence electrons. The fraction of sp³-hybridized carbons (Fsp3) is 0.429. The van der Waals surface area contributed by atoms with E-state index in [9.17, 15) is 4.57 Å². The van der Waals surface area contributed by atoms with Gasteiger partial charge in [-0.2, -0.15) is 0 Å². The van der Waals surface area contributed by atoms with E-state index in [0.29, 0.717) is 5.02 Å². The summed E-state index contributed by atoms with van der Waals surface area (Å²) in [5.74, 6) is 1.50. The van der Waals surface area contributed by atoms with Gasteiger partial charge in [0, 0.05) is 10.8 Å². The molecule has 0 heterocycles. The molecule has 0 N–H and O–H groups in total. The lowest BCUT2D eigenvalue weighted by Gasteiger charge is -2.19.